The van der Waals surface area contributed by atoms with Crippen molar-refractivity contribution >= 4 is 11.6 Å². The number of guanidine groups is 1. The summed E-state index contributed by atoms with van der Waals surface area (Å²) in [5, 5.41) is 0. The molecule has 0 saturated heterocycles. The zero-order valence-corrected chi connectivity index (χ0v) is 9.86. The van der Waals surface area contributed by atoms with Crippen molar-refractivity contribution < 1.29 is 4.39 Å². The van der Waals surface area contributed by atoms with Gasteiger partial charge in [-0.3, -0.25) is 4.99 Å². The van der Waals surface area contributed by atoms with Crippen molar-refractivity contribution in [3.05, 3.63) is 30.1 Å². The van der Waals surface area contributed by atoms with Crippen molar-refractivity contribution in [2.75, 3.05) is 11.4 Å². The quantitative estimate of drug-likeness (QED) is 0.807. The molecule has 1 aromatic rings. The lowest BCUT2D eigenvalue weighted by Crippen LogP contribution is -2.59. The molecule has 1 aromatic carbocycles. The van der Waals surface area contributed by atoms with E-state index in [0.717, 1.165) is 12.8 Å². The van der Waals surface area contributed by atoms with Crippen molar-refractivity contribution in [1.82, 2.24) is 0 Å². The normalized spacial score (nSPS) is 31.5. The minimum Gasteiger partial charge on any atom is -0.369 e. The number of nitrogens with zero attached hydrogens (tertiary/aromatic N) is 2. The zero-order chi connectivity index (χ0) is 12.0. The fourth-order valence-electron chi connectivity index (χ4n) is 3.17. The average Bonchev–Trinajstić information content (AvgIpc) is 2.58. The van der Waals surface area contributed by atoms with Crippen molar-refractivity contribution in [1.29, 1.82) is 0 Å². The van der Waals surface area contributed by atoms with E-state index in [9.17, 15) is 4.39 Å². The van der Waals surface area contributed by atoms with Crippen LogP contribution in [-0.2, 0) is 0 Å². The highest BCUT2D eigenvalue weighted by Crippen LogP contribution is 2.47. The first kappa shape index (κ1) is 10.6. The molecule has 17 heavy (non-hydrogen) atoms. The Labute approximate surface area is 100 Å². The van der Waals surface area contributed by atoms with E-state index in [1.807, 2.05) is 11.0 Å². The van der Waals surface area contributed by atoms with Gasteiger partial charge in [0.2, 0.25) is 0 Å². The molecule has 2 N–H and O–H groups in total. The molecule has 0 radical (unpaired) electrons. The van der Waals surface area contributed by atoms with Gasteiger partial charge in [-0.05, 0) is 30.9 Å². The van der Waals surface area contributed by atoms with Crippen LogP contribution >= 0.6 is 0 Å². The third-order valence-corrected chi connectivity index (χ3v) is 3.79. The van der Waals surface area contributed by atoms with Crippen LogP contribution in [0.25, 0.3) is 0 Å². The molecule has 3 rings (SSSR count). The summed E-state index contributed by atoms with van der Waals surface area (Å²) in [6.07, 6.45) is 2.07. The van der Waals surface area contributed by atoms with E-state index in [1.165, 1.54) is 6.07 Å². The topological polar surface area (TPSA) is 41.6 Å². The summed E-state index contributed by atoms with van der Waals surface area (Å²) >= 11 is 0. The fraction of sp³-hybridized carbons (Fsp3) is 0.462. The number of halogens is 1. The van der Waals surface area contributed by atoms with Crippen LogP contribution in [-0.4, -0.2) is 18.0 Å². The molecule has 1 aliphatic carbocycles. The van der Waals surface area contributed by atoms with Gasteiger partial charge in [0.25, 0.3) is 0 Å². The van der Waals surface area contributed by atoms with Crippen LogP contribution < -0.4 is 10.6 Å². The number of nitrogens with two attached hydrogens (primary N) is 1. The summed E-state index contributed by atoms with van der Waals surface area (Å²) in [6, 6.07) is 6.77. The standard InChI is InChI=1S/C13H16FN3/c1-9-6-13(7-9)8-16-12(15)17(13)11-5-3-2-4-10(11)14/h2-5,9H,6-8H2,1H3,(H2,15,16). The van der Waals surface area contributed by atoms with Crippen molar-refractivity contribution in [3.8, 4) is 0 Å². The monoisotopic (exact) mass is 233 g/mol. The molecule has 0 bridgehead atoms. The molecule has 1 spiro atoms. The number of anilines is 1. The molecule has 4 heteroatoms. The predicted octanol–water partition coefficient (Wildman–Crippen LogP) is 2.13. The Morgan fingerprint density at radius 2 is 2.12 bits per heavy atom. The van der Waals surface area contributed by atoms with Crippen LogP contribution in [0.1, 0.15) is 19.8 Å². The zero-order valence-electron chi connectivity index (χ0n) is 9.86. The molecule has 1 saturated carbocycles. The van der Waals surface area contributed by atoms with Gasteiger partial charge in [0.15, 0.2) is 5.96 Å². The number of rotatable bonds is 1. The average molecular weight is 233 g/mol. The van der Waals surface area contributed by atoms with Gasteiger partial charge < -0.3 is 10.6 Å². The second-order valence-corrected chi connectivity index (χ2v) is 5.20. The Bertz CT molecular complexity index is 477. The van der Waals surface area contributed by atoms with Gasteiger partial charge in [0, 0.05) is 0 Å². The third-order valence-electron chi connectivity index (χ3n) is 3.79. The summed E-state index contributed by atoms with van der Waals surface area (Å²) in [5.41, 5.74) is 6.41. The molecule has 0 aromatic heterocycles. The maximum Gasteiger partial charge on any atom is 0.196 e. The maximum atomic E-state index is 13.9. The first-order chi connectivity index (χ1) is 8.12. The molecule has 1 heterocycles. The number of hydrogen-bond donors (Lipinski definition) is 1. The van der Waals surface area contributed by atoms with Crippen LogP contribution in [0.5, 0.6) is 0 Å². The van der Waals surface area contributed by atoms with Crippen LogP contribution in [0, 0.1) is 11.7 Å². The molecular weight excluding hydrogens is 217 g/mol. The van der Waals surface area contributed by atoms with E-state index < -0.39 is 0 Å². The SMILES string of the molecule is CC1CC2(CN=C(N)N2c2ccccc2F)C1. The van der Waals surface area contributed by atoms with Crippen molar-refractivity contribution in [2.45, 2.75) is 25.3 Å². The molecule has 1 fully saturated rings. The molecule has 2 aliphatic rings. The van der Waals surface area contributed by atoms with E-state index in [4.69, 9.17) is 5.73 Å². The Kier molecular flexibility index (Phi) is 2.15. The lowest BCUT2D eigenvalue weighted by Gasteiger charge is -2.49. The number of para-hydroxylation sites is 1. The van der Waals surface area contributed by atoms with E-state index in [2.05, 4.69) is 11.9 Å². The summed E-state index contributed by atoms with van der Waals surface area (Å²) in [4.78, 5) is 6.19. The lowest BCUT2D eigenvalue weighted by molar-refractivity contribution is 0.181. The highest BCUT2D eigenvalue weighted by molar-refractivity contribution is 5.98. The first-order valence-corrected chi connectivity index (χ1v) is 5.97. The second kappa shape index (κ2) is 3.45. The largest absolute Gasteiger partial charge is 0.369 e. The molecule has 3 nitrogen and oxygen atoms in total. The van der Waals surface area contributed by atoms with Gasteiger partial charge in [0.05, 0.1) is 17.8 Å². The van der Waals surface area contributed by atoms with Gasteiger partial charge in [0.1, 0.15) is 5.82 Å². The van der Waals surface area contributed by atoms with Crippen LogP contribution in [0.4, 0.5) is 10.1 Å². The molecule has 90 valence electrons. The van der Waals surface area contributed by atoms with E-state index in [-0.39, 0.29) is 11.4 Å². The van der Waals surface area contributed by atoms with Crippen molar-refractivity contribution in [3.63, 3.8) is 0 Å². The highest BCUT2D eigenvalue weighted by atomic mass is 19.1. The smallest absolute Gasteiger partial charge is 0.196 e. The molecule has 0 amide bonds. The Morgan fingerprint density at radius 3 is 2.76 bits per heavy atom. The Balaban J connectivity index is 2.00. The summed E-state index contributed by atoms with van der Waals surface area (Å²) in [7, 11) is 0. The second-order valence-electron chi connectivity index (χ2n) is 5.20. The minimum absolute atomic E-state index is 0.0638. The number of aliphatic imine (C=N–C) groups is 1. The summed E-state index contributed by atoms with van der Waals surface area (Å²) < 4.78 is 13.9. The van der Waals surface area contributed by atoms with Gasteiger partial charge >= 0.3 is 0 Å². The van der Waals surface area contributed by atoms with Crippen LogP contribution in [0.3, 0.4) is 0 Å². The maximum absolute atomic E-state index is 13.9. The summed E-state index contributed by atoms with van der Waals surface area (Å²) in [6.45, 7) is 2.90. The first-order valence-electron chi connectivity index (χ1n) is 5.97. The Morgan fingerprint density at radius 1 is 1.41 bits per heavy atom. The number of benzene rings is 1. The van der Waals surface area contributed by atoms with E-state index in [0.29, 0.717) is 24.1 Å². The Hall–Kier alpha value is -1.58. The van der Waals surface area contributed by atoms with Gasteiger partial charge in [-0.2, -0.15) is 0 Å². The van der Waals surface area contributed by atoms with E-state index in [1.54, 1.807) is 12.1 Å². The van der Waals surface area contributed by atoms with Crippen LogP contribution in [0.15, 0.2) is 29.3 Å². The van der Waals surface area contributed by atoms with Gasteiger partial charge in [-0.1, -0.05) is 19.1 Å². The molecular formula is C13H16FN3. The molecule has 0 atom stereocenters. The fourth-order valence-corrected chi connectivity index (χ4v) is 3.17. The predicted molar refractivity (Wildman–Crippen MR) is 66.5 cm³/mol. The van der Waals surface area contributed by atoms with Gasteiger partial charge in [-0.25, -0.2) is 4.39 Å². The number of hydrogen-bond acceptors (Lipinski definition) is 3. The van der Waals surface area contributed by atoms with E-state index >= 15 is 0 Å². The van der Waals surface area contributed by atoms with Gasteiger partial charge in [-0.15, -0.1) is 0 Å². The lowest BCUT2D eigenvalue weighted by atomic mass is 9.68. The minimum atomic E-state index is -0.230. The third kappa shape index (κ3) is 1.43. The molecule has 0 unspecified atom stereocenters. The summed E-state index contributed by atoms with van der Waals surface area (Å²) in [5.74, 6) is 0.888. The molecule has 1 aliphatic heterocycles. The van der Waals surface area contributed by atoms with Crippen molar-refractivity contribution in [2.24, 2.45) is 16.6 Å². The van der Waals surface area contributed by atoms with Crippen LogP contribution in [0.2, 0.25) is 0 Å². The highest BCUT2D eigenvalue weighted by Gasteiger charge is 2.51.